The maximum atomic E-state index is 11.1. The third-order valence-electron chi connectivity index (χ3n) is 1.63. The van der Waals surface area contributed by atoms with E-state index in [1.54, 1.807) is 6.92 Å². The van der Waals surface area contributed by atoms with Gasteiger partial charge in [0.2, 0.25) is 0 Å². The second kappa shape index (κ2) is 3.53. The van der Waals surface area contributed by atoms with Crippen molar-refractivity contribution in [2.75, 3.05) is 19.6 Å². The Morgan fingerprint density at radius 3 is 2.92 bits per heavy atom. The monoisotopic (exact) mass is 172 g/mol. The van der Waals surface area contributed by atoms with Crippen molar-refractivity contribution < 1.29 is 14.7 Å². The molecule has 0 aromatic heterocycles. The highest BCUT2D eigenvalue weighted by atomic mass is 16.3. The molecule has 1 aliphatic heterocycles. The number of β-amino-alcohol motifs (C(OH)–C–C–N with tert-alkyl or cyclic N) is 1. The van der Waals surface area contributed by atoms with Gasteiger partial charge >= 0.3 is 11.8 Å². The molecule has 0 aromatic rings. The summed E-state index contributed by atoms with van der Waals surface area (Å²) in [5, 5.41) is 11.4. The van der Waals surface area contributed by atoms with Crippen LogP contribution in [0.15, 0.2) is 0 Å². The molecular formula is C7H12N2O3. The summed E-state index contributed by atoms with van der Waals surface area (Å²) < 4.78 is 0. The van der Waals surface area contributed by atoms with Crippen LogP contribution < -0.4 is 5.32 Å². The van der Waals surface area contributed by atoms with E-state index in [0.717, 1.165) is 0 Å². The number of carbonyl (C=O) groups is 2. The van der Waals surface area contributed by atoms with E-state index in [2.05, 4.69) is 5.32 Å². The first-order chi connectivity index (χ1) is 5.61. The van der Waals surface area contributed by atoms with Crippen molar-refractivity contribution in [2.45, 2.75) is 13.0 Å². The molecule has 1 rings (SSSR count). The van der Waals surface area contributed by atoms with Crippen LogP contribution in [0.4, 0.5) is 0 Å². The van der Waals surface area contributed by atoms with E-state index in [1.165, 1.54) is 4.90 Å². The molecule has 68 valence electrons. The lowest BCUT2D eigenvalue weighted by molar-refractivity contribution is -0.148. The largest absolute Gasteiger partial charge is 0.392 e. The number of carbonyl (C=O) groups excluding carboxylic acids is 2. The number of hydrogen-bond acceptors (Lipinski definition) is 3. The molecule has 0 saturated carbocycles. The zero-order valence-electron chi connectivity index (χ0n) is 6.91. The van der Waals surface area contributed by atoms with Gasteiger partial charge < -0.3 is 15.3 Å². The predicted molar refractivity (Wildman–Crippen MR) is 41.3 cm³/mol. The standard InChI is InChI=1S/C7H12N2O3/c1-5(10)4-9-3-2-8-6(11)7(9)12/h5,10H,2-4H2,1H3,(H,8,11). The first-order valence-electron chi connectivity index (χ1n) is 3.86. The quantitative estimate of drug-likeness (QED) is 0.489. The number of piperazine rings is 1. The summed E-state index contributed by atoms with van der Waals surface area (Å²) in [6, 6.07) is 0. The molecule has 1 saturated heterocycles. The molecule has 2 N–H and O–H groups in total. The van der Waals surface area contributed by atoms with E-state index < -0.39 is 17.9 Å². The van der Waals surface area contributed by atoms with E-state index >= 15 is 0 Å². The molecule has 5 heteroatoms. The third kappa shape index (κ3) is 1.94. The lowest BCUT2D eigenvalue weighted by Crippen LogP contribution is -2.53. The van der Waals surface area contributed by atoms with Gasteiger partial charge in [-0.1, -0.05) is 0 Å². The van der Waals surface area contributed by atoms with E-state index in [4.69, 9.17) is 5.11 Å². The average molecular weight is 172 g/mol. The van der Waals surface area contributed by atoms with Gasteiger partial charge in [0, 0.05) is 19.6 Å². The Morgan fingerprint density at radius 2 is 2.33 bits per heavy atom. The van der Waals surface area contributed by atoms with Crippen molar-refractivity contribution in [3.63, 3.8) is 0 Å². The first-order valence-corrected chi connectivity index (χ1v) is 3.86. The number of hydrogen-bond donors (Lipinski definition) is 2. The Balaban J connectivity index is 2.52. The minimum Gasteiger partial charge on any atom is -0.392 e. The normalized spacial score (nSPS) is 20.7. The van der Waals surface area contributed by atoms with Crippen LogP contribution in [-0.2, 0) is 9.59 Å². The fraction of sp³-hybridized carbons (Fsp3) is 0.714. The molecule has 5 nitrogen and oxygen atoms in total. The number of nitrogens with one attached hydrogen (secondary N) is 1. The van der Waals surface area contributed by atoms with E-state index in [-0.39, 0.29) is 6.54 Å². The maximum Gasteiger partial charge on any atom is 0.312 e. The zero-order chi connectivity index (χ0) is 9.14. The van der Waals surface area contributed by atoms with Crippen LogP contribution in [0.5, 0.6) is 0 Å². The van der Waals surface area contributed by atoms with Crippen LogP contribution in [0.2, 0.25) is 0 Å². The predicted octanol–water partition coefficient (Wildman–Crippen LogP) is -1.67. The van der Waals surface area contributed by atoms with Crippen LogP contribution in [0.25, 0.3) is 0 Å². The number of rotatable bonds is 2. The van der Waals surface area contributed by atoms with Gasteiger partial charge in [0.05, 0.1) is 6.10 Å². The molecule has 1 fully saturated rings. The topological polar surface area (TPSA) is 69.6 Å². The summed E-state index contributed by atoms with van der Waals surface area (Å²) in [6.07, 6.45) is -0.583. The minimum atomic E-state index is -0.583. The van der Waals surface area contributed by atoms with Gasteiger partial charge in [-0.15, -0.1) is 0 Å². The van der Waals surface area contributed by atoms with Gasteiger partial charge in [0.25, 0.3) is 0 Å². The highest BCUT2D eigenvalue weighted by Crippen LogP contribution is 1.97. The van der Waals surface area contributed by atoms with Crippen molar-refractivity contribution in [3.05, 3.63) is 0 Å². The lowest BCUT2D eigenvalue weighted by Gasteiger charge is -2.27. The smallest absolute Gasteiger partial charge is 0.312 e. The maximum absolute atomic E-state index is 11.1. The highest BCUT2D eigenvalue weighted by molar-refractivity contribution is 6.35. The molecule has 0 radical (unpaired) electrons. The molecular weight excluding hydrogens is 160 g/mol. The Hall–Kier alpha value is -1.10. The summed E-state index contributed by atoms with van der Waals surface area (Å²) in [5.41, 5.74) is 0. The number of aliphatic hydroxyl groups is 1. The van der Waals surface area contributed by atoms with Gasteiger partial charge in [0.15, 0.2) is 0 Å². The molecule has 12 heavy (non-hydrogen) atoms. The van der Waals surface area contributed by atoms with Crippen LogP contribution >= 0.6 is 0 Å². The average Bonchev–Trinajstić information content (AvgIpc) is 1.98. The van der Waals surface area contributed by atoms with Gasteiger partial charge in [-0.25, -0.2) is 0 Å². The number of amides is 2. The number of aliphatic hydroxyl groups excluding tert-OH is 1. The van der Waals surface area contributed by atoms with Gasteiger partial charge in [0.1, 0.15) is 0 Å². The number of nitrogens with zero attached hydrogens (tertiary/aromatic N) is 1. The van der Waals surface area contributed by atoms with Crippen LogP contribution in [0.3, 0.4) is 0 Å². The Kier molecular flexibility index (Phi) is 2.65. The SMILES string of the molecule is CC(O)CN1CCNC(=O)C1=O. The summed E-state index contributed by atoms with van der Waals surface area (Å²) in [4.78, 5) is 23.2. The van der Waals surface area contributed by atoms with Gasteiger partial charge in [-0.3, -0.25) is 9.59 Å². The van der Waals surface area contributed by atoms with Gasteiger partial charge in [-0.2, -0.15) is 0 Å². The van der Waals surface area contributed by atoms with E-state index in [9.17, 15) is 9.59 Å². The molecule has 1 unspecified atom stereocenters. The molecule has 0 bridgehead atoms. The van der Waals surface area contributed by atoms with Crippen LogP contribution in [-0.4, -0.2) is 47.6 Å². The lowest BCUT2D eigenvalue weighted by atomic mass is 10.3. The Labute approximate surface area is 70.4 Å². The van der Waals surface area contributed by atoms with E-state index in [1.807, 2.05) is 0 Å². The van der Waals surface area contributed by atoms with Gasteiger partial charge in [-0.05, 0) is 6.92 Å². The Bertz CT molecular complexity index is 203. The molecule has 0 aliphatic carbocycles. The summed E-state index contributed by atoms with van der Waals surface area (Å²) in [6.45, 7) is 2.76. The summed E-state index contributed by atoms with van der Waals surface area (Å²) in [5.74, 6) is -1.14. The van der Waals surface area contributed by atoms with Crippen LogP contribution in [0, 0.1) is 0 Å². The second-order valence-corrected chi connectivity index (χ2v) is 2.86. The van der Waals surface area contributed by atoms with E-state index in [0.29, 0.717) is 13.1 Å². The summed E-state index contributed by atoms with van der Waals surface area (Å²) >= 11 is 0. The minimum absolute atomic E-state index is 0.228. The first kappa shape index (κ1) is 8.99. The molecule has 1 atom stereocenters. The fourth-order valence-electron chi connectivity index (χ4n) is 1.12. The van der Waals surface area contributed by atoms with Crippen molar-refractivity contribution >= 4 is 11.8 Å². The van der Waals surface area contributed by atoms with Crippen LogP contribution in [0.1, 0.15) is 6.92 Å². The van der Waals surface area contributed by atoms with Crippen molar-refractivity contribution in [1.29, 1.82) is 0 Å². The van der Waals surface area contributed by atoms with Crippen molar-refractivity contribution in [1.82, 2.24) is 10.2 Å². The molecule has 1 heterocycles. The molecule has 0 aromatic carbocycles. The second-order valence-electron chi connectivity index (χ2n) is 2.86. The highest BCUT2D eigenvalue weighted by Gasteiger charge is 2.26. The Morgan fingerprint density at radius 1 is 1.67 bits per heavy atom. The molecule has 0 spiro atoms. The summed E-state index contributed by atoms with van der Waals surface area (Å²) in [7, 11) is 0. The molecule has 2 amide bonds. The fourth-order valence-corrected chi connectivity index (χ4v) is 1.12. The van der Waals surface area contributed by atoms with Crippen molar-refractivity contribution in [2.24, 2.45) is 0 Å². The molecule has 1 aliphatic rings. The third-order valence-corrected chi connectivity index (χ3v) is 1.63. The van der Waals surface area contributed by atoms with Crippen molar-refractivity contribution in [3.8, 4) is 0 Å². The zero-order valence-corrected chi connectivity index (χ0v) is 6.91.